The Kier molecular flexibility index (Phi) is 5.81. The molecule has 2 aromatic carbocycles. The van der Waals surface area contributed by atoms with Crippen molar-refractivity contribution in [3.63, 3.8) is 0 Å². The number of piperazine rings is 1. The van der Waals surface area contributed by atoms with Gasteiger partial charge in [0.25, 0.3) is 0 Å². The fraction of sp³-hybridized carbons (Fsp3) is 0.391. The molecule has 6 nitrogen and oxygen atoms in total. The number of carbonyl (C=O) groups is 2. The van der Waals surface area contributed by atoms with Crippen LogP contribution in [-0.4, -0.2) is 67.5 Å². The molecule has 0 N–H and O–H groups in total. The van der Waals surface area contributed by atoms with Gasteiger partial charge in [0.05, 0.1) is 25.3 Å². The maximum absolute atomic E-state index is 12.9. The number of anilines is 1. The molecule has 29 heavy (non-hydrogen) atoms. The third-order valence-electron chi connectivity index (χ3n) is 5.87. The lowest BCUT2D eigenvalue weighted by molar-refractivity contribution is -0.139. The molecule has 2 aliphatic heterocycles. The van der Waals surface area contributed by atoms with Crippen molar-refractivity contribution in [1.29, 1.82) is 0 Å². The van der Waals surface area contributed by atoms with E-state index in [2.05, 4.69) is 15.9 Å². The van der Waals surface area contributed by atoms with E-state index < -0.39 is 0 Å². The smallest absolute Gasteiger partial charge is 0.247 e. The first-order valence-corrected chi connectivity index (χ1v) is 10.2. The summed E-state index contributed by atoms with van der Waals surface area (Å²) in [7, 11) is 1.68. The van der Waals surface area contributed by atoms with Crippen molar-refractivity contribution in [1.82, 2.24) is 9.80 Å². The summed E-state index contributed by atoms with van der Waals surface area (Å²) in [4.78, 5) is 31.3. The molecular formula is C23H27N3O3. The Balaban J connectivity index is 1.35. The summed E-state index contributed by atoms with van der Waals surface area (Å²) in [6.45, 7) is 3.59. The van der Waals surface area contributed by atoms with Crippen LogP contribution in [0.3, 0.4) is 0 Å². The van der Waals surface area contributed by atoms with Crippen LogP contribution in [0.2, 0.25) is 0 Å². The molecule has 152 valence electrons. The standard InChI is InChI=1S/C23H27N3O3/c1-29-21-10-6-5-9-19(21)24-13-15-25(16-14-24)20-17-22(27)26(23(20)28)12-11-18-7-3-2-4-8-18/h2-10,20H,11-17H2,1H3/t20-/m1/s1. The van der Waals surface area contributed by atoms with Crippen LogP contribution in [0.25, 0.3) is 0 Å². The van der Waals surface area contributed by atoms with Crippen LogP contribution in [-0.2, 0) is 16.0 Å². The molecule has 0 unspecified atom stereocenters. The van der Waals surface area contributed by atoms with Crippen molar-refractivity contribution in [2.24, 2.45) is 0 Å². The fourth-order valence-corrected chi connectivity index (χ4v) is 4.24. The zero-order valence-corrected chi connectivity index (χ0v) is 16.8. The van der Waals surface area contributed by atoms with Gasteiger partial charge in [-0.15, -0.1) is 0 Å². The topological polar surface area (TPSA) is 53.1 Å². The third-order valence-corrected chi connectivity index (χ3v) is 5.87. The minimum Gasteiger partial charge on any atom is -0.495 e. The lowest BCUT2D eigenvalue weighted by atomic mass is 10.1. The predicted octanol–water partition coefficient (Wildman–Crippen LogP) is 2.19. The van der Waals surface area contributed by atoms with E-state index in [0.717, 1.165) is 43.2 Å². The molecule has 2 aliphatic rings. The largest absolute Gasteiger partial charge is 0.495 e. The van der Waals surface area contributed by atoms with Crippen LogP contribution in [0.4, 0.5) is 5.69 Å². The molecule has 2 fully saturated rings. The Morgan fingerprint density at radius 1 is 0.931 bits per heavy atom. The molecule has 2 amide bonds. The van der Waals surface area contributed by atoms with Crippen molar-refractivity contribution in [2.75, 3.05) is 44.7 Å². The summed E-state index contributed by atoms with van der Waals surface area (Å²) in [5, 5.41) is 0. The van der Waals surface area contributed by atoms with Crippen LogP contribution >= 0.6 is 0 Å². The molecule has 2 aromatic rings. The Hall–Kier alpha value is -2.86. The Bertz CT molecular complexity index is 863. The number of hydrogen-bond donors (Lipinski definition) is 0. The summed E-state index contributed by atoms with van der Waals surface area (Å²) in [5.74, 6) is 0.764. The van der Waals surface area contributed by atoms with Gasteiger partial charge >= 0.3 is 0 Å². The number of methoxy groups -OCH3 is 1. The van der Waals surface area contributed by atoms with Gasteiger partial charge in [-0.1, -0.05) is 42.5 Å². The van der Waals surface area contributed by atoms with Gasteiger partial charge in [0.2, 0.25) is 11.8 Å². The summed E-state index contributed by atoms with van der Waals surface area (Å²) in [6, 6.07) is 17.7. The molecule has 6 heteroatoms. The number of ether oxygens (including phenoxy) is 1. The van der Waals surface area contributed by atoms with Crippen molar-refractivity contribution in [3.05, 3.63) is 60.2 Å². The number of nitrogens with zero attached hydrogens (tertiary/aromatic N) is 3. The minimum absolute atomic E-state index is 0.0447. The fourth-order valence-electron chi connectivity index (χ4n) is 4.24. The second-order valence-electron chi connectivity index (χ2n) is 7.53. The van der Waals surface area contributed by atoms with E-state index in [4.69, 9.17) is 4.74 Å². The van der Waals surface area contributed by atoms with E-state index >= 15 is 0 Å². The van der Waals surface area contributed by atoms with E-state index in [1.807, 2.05) is 48.5 Å². The summed E-state index contributed by atoms with van der Waals surface area (Å²) in [5.41, 5.74) is 2.22. The number of likely N-dealkylation sites (tertiary alicyclic amines) is 1. The maximum atomic E-state index is 12.9. The normalized spacial score (nSPS) is 20.4. The number of para-hydroxylation sites is 2. The molecule has 2 heterocycles. The predicted molar refractivity (Wildman–Crippen MR) is 112 cm³/mol. The molecule has 0 aromatic heterocycles. The maximum Gasteiger partial charge on any atom is 0.247 e. The second kappa shape index (κ2) is 8.66. The average Bonchev–Trinajstić information content (AvgIpc) is 3.06. The second-order valence-corrected chi connectivity index (χ2v) is 7.53. The molecule has 0 aliphatic carbocycles. The van der Waals surface area contributed by atoms with Gasteiger partial charge in [-0.2, -0.15) is 0 Å². The minimum atomic E-state index is -0.321. The molecule has 0 saturated carbocycles. The lowest BCUT2D eigenvalue weighted by Gasteiger charge is -2.38. The number of carbonyl (C=O) groups excluding carboxylic acids is 2. The molecule has 4 rings (SSSR count). The van der Waals surface area contributed by atoms with Gasteiger partial charge in [-0.3, -0.25) is 19.4 Å². The Morgan fingerprint density at radius 3 is 2.34 bits per heavy atom. The van der Waals surface area contributed by atoms with Crippen molar-refractivity contribution >= 4 is 17.5 Å². The van der Waals surface area contributed by atoms with Crippen molar-refractivity contribution in [3.8, 4) is 5.75 Å². The van der Waals surface area contributed by atoms with E-state index in [9.17, 15) is 9.59 Å². The highest BCUT2D eigenvalue weighted by Crippen LogP contribution is 2.29. The first-order valence-electron chi connectivity index (χ1n) is 10.2. The highest BCUT2D eigenvalue weighted by Gasteiger charge is 2.42. The monoisotopic (exact) mass is 393 g/mol. The van der Waals surface area contributed by atoms with Crippen molar-refractivity contribution < 1.29 is 14.3 Å². The molecule has 0 radical (unpaired) electrons. The van der Waals surface area contributed by atoms with Gasteiger partial charge in [0.1, 0.15) is 5.75 Å². The molecule has 0 spiro atoms. The van der Waals surface area contributed by atoms with Crippen LogP contribution in [0.5, 0.6) is 5.75 Å². The first-order chi connectivity index (χ1) is 14.2. The highest BCUT2D eigenvalue weighted by atomic mass is 16.5. The molecule has 1 atom stereocenters. The van der Waals surface area contributed by atoms with Crippen LogP contribution < -0.4 is 9.64 Å². The SMILES string of the molecule is COc1ccccc1N1CCN([C@@H]2CC(=O)N(CCc3ccccc3)C2=O)CC1. The zero-order chi connectivity index (χ0) is 20.2. The number of imide groups is 1. The average molecular weight is 393 g/mol. The van der Waals surface area contributed by atoms with E-state index in [-0.39, 0.29) is 17.9 Å². The van der Waals surface area contributed by atoms with Gasteiger partial charge in [0, 0.05) is 32.7 Å². The van der Waals surface area contributed by atoms with E-state index in [1.165, 1.54) is 4.90 Å². The molecule has 2 saturated heterocycles. The highest BCUT2D eigenvalue weighted by molar-refractivity contribution is 6.05. The zero-order valence-electron chi connectivity index (χ0n) is 16.8. The molecule has 0 bridgehead atoms. The van der Waals surface area contributed by atoms with Gasteiger partial charge in [-0.05, 0) is 24.1 Å². The number of amides is 2. The quantitative estimate of drug-likeness (QED) is 0.705. The Labute approximate surface area is 171 Å². The van der Waals surface area contributed by atoms with Gasteiger partial charge < -0.3 is 9.64 Å². The number of benzene rings is 2. The van der Waals surface area contributed by atoms with Gasteiger partial charge in [-0.25, -0.2) is 0 Å². The Morgan fingerprint density at radius 2 is 1.62 bits per heavy atom. The van der Waals surface area contributed by atoms with E-state index in [1.54, 1.807) is 7.11 Å². The number of hydrogen-bond acceptors (Lipinski definition) is 5. The van der Waals surface area contributed by atoms with Crippen LogP contribution in [0.15, 0.2) is 54.6 Å². The van der Waals surface area contributed by atoms with Crippen LogP contribution in [0, 0.1) is 0 Å². The number of rotatable bonds is 6. The molecular weight excluding hydrogens is 366 g/mol. The summed E-state index contributed by atoms with van der Waals surface area (Å²) in [6.07, 6.45) is 0.995. The van der Waals surface area contributed by atoms with Gasteiger partial charge in [0.15, 0.2) is 0 Å². The van der Waals surface area contributed by atoms with Crippen molar-refractivity contribution in [2.45, 2.75) is 18.9 Å². The summed E-state index contributed by atoms with van der Waals surface area (Å²) >= 11 is 0. The lowest BCUT2D eigenvalue weighted by Crippen LogP contribution is -2.52. The first kappa shape index (κ1) is 19.5. The summed E-state index contributed by atoms with van der Waals surface area (Å²) < 4.78 is 5.47. The van der Waals surface area contributed by atoms with E-state index in [0.29, 0.717) is 19.4 Å². The third kappa shape index (κ3) is 4.12. The van der Waals surface area contributed by atoms with Crippen LogP contribution in [0.1, 0.15) is 12.0 Å².